The topological polar surface area (TPSA) is 46.8 Å². The van der Waals surface area contributed by atoms with E-state index in [0.717, 1.165) is 73.0 Å². The predicted molar refractivity (Wildman–Crippen MR) is 234 cm³/mol. The number of hydrogen-bond donors (Lipinski definition) is 0. The summed E-state index contributed by atoms with van der Waals surface area (Å²) in [5.74, 6) is 2.28. The fourth-order valence-corrected chi connectivity index (χ4v) is 8.87. The maximum atomic E-state index is 6.61. The lowest BCUT2D eigenvalue weighted by Gasteiger charge is -2.39. The Labute approximate surface area is 332 Å². The van der Waals surface area contributed by atoms with E-state index in [9.17, 15) is 0 Å². The molecule has 7 aromatic carbocycles. The number of rotatable bonds is 6. The molecule has 1 aromatic heterocycles. The number of amidine groups is 1. The van der Waals surface area contributed by atoms with Crippen molar-refractivity contribution in [1.29, 1.82) is 0 Å². The maximum absolute atomic E-state index is 6.61. The zero-order valence-corrected chi connectivity index (χ0v) is 31.4. The first kappa shape index (κ1) is 34.1. The van der Waals surface area contributed by atoms with Crippen LogP contribution in [-0.4, -0.2) is 17.5 Å². The molecule has 1 aliphatic heterocycles. The second kappa shape index (κ2) is 14.0. The Morgan fingerprint density at radius 3 is 1.82 bits per heavy atom. The van der Waals surface area contributed by atoms with Crippen LogP contribution in [0.5, 0.6) is 11.5 Å². The molecule has 1 spiro atoms. The average molecular weight is 732 g/mol. The zero-order chi connectivity index (χ0) is 38.3. The summed E-state index contributed by atoms with van der Waals surface area (Å²) < 4.78 is 6.61. The van der Waals surface area contributed by atoms with Gasteiger partial charge in [0.05, 0.1) is 16.8 Å². The van der Waals surface area contributed by atoms with Crippen LogP contribution in [0.2, 0.25) is 0 Å². The summed E-state index contributed by atoms with van der Waals surface area (Å²) in [5, 5.41) is 0. The highest BCUT2D eigenvalue weighted by Crippen LogP contribution is 2.63. The molecule has 10 rings (SSSR count). The van der Waals surface area contributed by atoms with Crippen LogP contribution in [0.25, 0.3) is 44.8 Å². The predicted octanol–water partition coefficient (Wildman–Crippen LogP) is 12.9. The Kier molecular flexibility index (Phi) is 8.38. The molecule has 0 radical (unpaired) electrons. The van der Waals surface area contributed by atoms with Crippen LogP contribution in [0.15, 0.2) is 204 Å². The molecule has 8 aromatic rings. The smallest absolute Gasteiger partial charge is 0.159 e. The van der Waals surface area contributed by atoms with Gasteiger partial charge in [0, 0.05) is 34.0 Å². The molecule has 0 saturated heterocycles. The number of benzene rings is 7. The van der Waals surface area contributed by atoms with Crippen molar-refractivity contribution < 1.29 is 4.74 Å². The average Bonchev–Trinajstić information content (AvgIpc) is 3.58. The van der Waals surface area contributed by atoms with Crippen molar-refractivity contribution >= 4 is 23.8 Å². The van der Waals surface area contributed by atoms with Gasteiger partial charge in [-0.15, -0.1) is 0 Å². The molecule has 270 valence electrons. The molecular formula is C53H37N3O. The molecule has 0 atom stereocenters. The lowest BCUT2D eigenvalue weighted by atomic mass is 9.66. The molecule has 1 aliphatic carbocycles. The summed E-state index contributed by atoms with van der Waals surface area (Å²) >= 11 is 0. The number of para-hydroxylation sites is 2. The van der Waals surface area contributed by atoms with Crippen molar-refractivity contribution in [2.24, 2.45) is 9.98 Å². The van der Waals surface area contributed by atoms with E-state index in [0.29, 0.717) is 5.84 Å². The lowest BCUT2D eigenvalue weighted by molar-refractivity contribution is 0.436. The molecule has 2 heterocycles. The van der Waals surface area contributed by atoms with Gasteiger partial charge in [-0.25, -0.2) is 9.98 Å². The summed E-state index contributed by atoms with van der Waals surface area (Å²) in [6.07, 6.45) is 1.81. The molecule has 0 unspecified atom stereocenters. The van der Waals surface area contributed by atoms with Crippen LogP contribution >= 0.6 is 0 Å². The van der Waals surface area contributed by atoms with Crippen LogP contribution in [0.1, 0.15) is 45.9 Å². The van der Waals surface area contributed by atoms with Crippen molar-refractivity contribution in [3.63, 3.8) is 0 Å². The second-order valence-corrected chi connectivity index (χ2v) is 14.4. The summed E-state index contributed by atoms with van der Waals surface area (Å²) in [7, 11) is 0. The normalized spacial score (nSPS) is 13.7. The van der Waals surface area contributed by atoms with Gasteiger partial charge in [-0.2, -0.15) is 0 Å². The Hall–Kier alpha value is -7.43. The first-order chi connectivity index (χ1) is 28.2. The summed E-state index contributed by atoms with van der Waals surface area (Å²) in [5.41, 5.74) is 15.5. The van der Waals surface area contributed by atoms with E-state index in [-0.39, 0.29) is 0 Å². The van der Waals surface area contributed by atoms with Crippen LogP contribution in [0.4, 0.5) is 0 Å². The highest BCUT2D eigenvalue weighted by atomic mass is 16.5. The number of allylic oxidation sites excluding steroid dienone is 1. The molecule has 4 nitrogen and oxygen atoms in total. The number of hydrogen-bond acceptors (Lipinski definition) is 3. The first-order valence-electron chi connectivity index (χ1n) is 19.2. The fourth-order valence-electron chi connectivity index (χ4n) is 8.87. The van der Waals surface area contributed by atoms with Crippen LogP contribution in [0, 0.1) is 0 Å². The molecule has 2 aliphatic rings. The third kappa shape index (κ3) is 5.49. The van der Waals surface area contributed by atoms with Crippen molar-refractivity contribution in [2.75, 3.05) is 0 Å². The minimum atomic E-state index is -0.581. The fraction of sp³-hybridized carbons (Fsp3) is 0.0377. The molecule has 0 fully saturated rings. The van der Waals surface area contributed by atoms with Crippen LogP contribution in [-0.2, 0) is 5.41 Å². The third-order valence-electron chi connectivity index (χ3n) is 11.4. The molecule has 0 amide bonds. The van der Waals surface area contributed by atoms with Gasteiger partial charge in [0.25, 0.3) is 0 Å². The Morgan fingerprint density at radius 2 is 1.12 bits per heavy atom. The Morgan fingerprint density at radius 1 is 0.526 bits per heavy atom. The quantitative estimate of drug-likeness (QED) is 0.0971. The van der Waals surface area contributed by atoms with Gasteiger partial charge < -0.3 is 4.74 Å². The zero-order valence-electron chi connectivity index (χ0n) is 31.4. The Balaban J connectivity index is 1.25. The minimum Gasteiger partial charge on any atom is -0.457 e. The van der Waals surface area contributed by atoms with Crippen LogP contribution < -0.4 is 4.74 Å². The molecule has 57 heavy (non-hydrogen) atoms. The molecular weight excluding hydrogens is 695 g/mol. The number of aromatic nitrogens is 1. The number of pyridine rings is 1. The van der Waals surface area contributed by atoms with Crippen molar-refractivity contribution in [3.8, 4) is 45.0 Å². The second-order valence-electron chi connectivity index (χ2n) is 14.4. The summed E-state index contributed by atoms with van der Waals surface area (Å²) in [6.45, 7) is 6.23. The standard InChI is InChI=1S/C53H37N3O/c1-35(39-22-16-26-46-50(39)42-21-8-9-23-43(42)53(46)44-24-10-12-28-48(44)57-49-29-13-11-25-45(49)53)51(41-20-7-6-19-40(41)36-17-4-3-5-18-36)56-52(54-2)38-32-30-37(31-33-38)47-27-14-15-34-55-47/h3-34H,2H2,1H3/b51-35+,56-52-. The number of fused-ring (bicyclic) bond motifs is 9. The van der Waals surface area contributed by atoms with Gasteiger partial charge in [0.15, 0.2) is 5.84 Å². The summed E-state index contributed by atoms with van der Waals surface area (Å²) in [4.78, 5) is 14.6. The van der Waals surface area contributed by atoms with Crippen LogP contribution in [0.3, 0.4) is 0 Å². The SMILES string of the molecule is C=N/C(=N\C(=C(/C)c1cccc2c1-c1ccccc1C21c2ccccc2Oc2ccccc21)c1ccccc1-c1ccccc1)c1ccc(-c2ccccn2)cc1. The highest BCUT2D eigenvalue weighted by molar-refractivity contribution is 6.09. The van der Waals surface area contributed by atoms with Crippen molar-refractivity contribution in [3.05, 3.63) is 233 Å². The summed E-state index contributed by atoms with van der Waals surface area (Å²) in [6, 6.07) is 65.7. The van der Waals surface area contributed by atoms with E-state index in [1.807, 2.05) is 42.6 Å². The molecule has 0 saturated carbocycles. The van der Waals surface area contributed by atoms with Gasteiger partial charge in [0.1, 0.15) is 11.5 Å². The van der Waals surface area contributed by atoms with Gasteiger partial charge >= 0.3 is 0 Å². The van der Waals surface area contributed by atoms with E-state index in [2.05, 4.69) is 175 Å². The molecule has 0 bridgehead atoms. The van der Waals surface area contributed by atoms with Crippen molar-refractivity contribution in [2.45, 2.75) is 12.3 Å². The number of aliphatic imine (C=N–C) groups is 2. The molecule has 0 N–H and O–H groups in total. The number of ether oxygens (including phenoxy) is 1. The minimum absolute atomic E-state index is 0.538. The van der Waals surface area contributed by atoms with E-state index in [1.165, 1.54) is 22.3 Å². The van der Waals surface area contributed by atoms with Gasteiger partial charge in [-0.1, -0.05) is 164 Å². The van der Waals surface area contributed by atoms with E-state index in [4.69, 9.17) is 9.73 Å². The molecule has 4 heteroatoms. The van der Waals surface area contributed by atoms with E-state index >= 15 is 0 Å². The largest absolute Gasteiger partial charge is 0.457 e. The van der Waals surface area contributed by atoms with Gasteiger partial charge in [-0.05, 0) is 82.4 Å². The lowest BCUT2D eigenvalue weighted by Crippen LogP contribution is -2.32. The third-order valence-corrected chi connectivity index (χ3v) is 11.4. The highest BCUT2D eigenvalue weighted by Gasteiger charge is 2.51. The van der Waals surface area contributed by atoms with Gasteiger partial charge in [0.2, 0.25) is 0 Å². The first-order valence-corrected chi connectivity index (χ1v) is 19.2. The monoisotopic (exact) mass is 731 g/mol. The van der Waals surface area contributed by atoms with E-state index in [1.54, 1.807) is 0 Å². The van der Waals surface area contributed by atoms with E-state index < -0.39 is 5.41 Å². The Bertz CT molecular complexity index is 2850. The number of nitrogens with zero attached hydrogens (tertiary/aromatic N) is 3. The van der Waals surface area contributed by atoms with Crippen molar-refractivity contribution in [1.82, 2.24) is 4.98 Å². The van der Waals surface area contributed by atoms with Gasteiger partial charge in [-0.3, -0.25) is 4.98 Å². The maximum Gasteiger partial charge on any atom is 0.159 e.